The number of nitrogens with one attached hydrogen (secondary N) is 3. The van der Waals surface area contributed by atoms with Crippen molar-refractivity contribution < 1.29 is 23.9 Å². The summed E-state index contributed by atoms with van der Waals surface area (Å²) < 4.78 is 5.40. The van der Waals surface area contributed by atoms with Crippen molar-refractivity contribution in [1.82, 2.24) is 16.0 Å². The number of alkyl halides is 1. The van der Waals surface area contributed by atoms with Crippen molar-refractivity contribution in [2.24, 2.45) is 11.3 Å². The van der Waals surface area contributed by atoms with E-state index in [-0.39, 0.29) is 41.2 Å². The Labute approximate surface area is 176 Å². The molecule has 1 unspecified atom stereocenters. The van der Waals surface area contributed by atoms with Crippen LogP contribution in [0.3, 0.4) is 0 Å². The first-order chi connectivity index (χ1) is 13.6. The van der Waals surface area contributed by atoms with Crippen molar-refractivity contribution >= 4 is 35.1 Å². The second-order valence-corrected chi connectivity index (χ2v) is 9.27. The summed E-state index contributed by atoms with van der Waals surface area (Å²) in [4.78, 5) is 49.7. The van der Waals surface area contributed by atoms with E-state index < -0.39 is 24.1 Å². The average molecular weight is 430 g/mol. The zero-order chi connectivity index (χ0) is 21.6. The molecule has 3 amide bonds. The van der Waals surface area contributed by atoms with Crippen LogP contribution in [0.5, 0.6) is 0 Å². The molecule has 8 nitrogen and oxygen atoms in total. The van der Waals surface area contributed by atoms with Gasteiger partial charge in [-0.15, -0.1) is 11.6 Å². The first-order valence-electron chi connectivity index (χ1n) is 10.2. The third kappa shape index (κ3) is 7.26. The van der Waals surface area contributed by atoms with Gasteiger partial charge in [0, 0.05) is 19.1 Å². The van der Waals surface area contributed by atoms with Crippen LogP contribution in [0.15, 0.2) is 0 Å². The monoisotopic (exact) mass is 429 g/mol. The minimum Gasteiger partial charge on any atom is -0.368 e. The highest BCUT2D eigenvalue weighted by Gasteiger charge is 2.35. The zero-order valence-corrected chi connectivity index (χ0v) is 18.1. The molecule has 2 saturated heterocycles. The van der Waals surface area contributed by atoms with Crippen LogP contribution >= 0.6 is 11.6 Å². The molecule has 2 aliphatic heterocycles. The minimum atomic E-state index is -0.865. The van der Waals surface area contributed by atoms with Crippen LogP contribution in [-0.4, -0.2) is 60.7 Å². The fourth-order valence-corrected chi connectivity index (χ4v) is 3.85. The third-order valence-corrected chi connectivity index (χ3v) is 5.45. The Hall–Kier alpha value is -1.67. The minimum absolute atomic E-state index is 0.121. The van der Waals surface area contributed by atoms with E-state index in [0.717, 1.165) is 6.42 Å². The van der Waals surface area contributed by atoms with E-state index in [4.69, 9.17) is 16.3 Å². The summed E-state index contributed by atoms with van der Waals surface area (Å²) in [6.45, 7) is 6.99. The van der Waals surface area contributed by atoms with E-state index in [2.05, 4.69) is 16.0 Å². The van der Waals surface area contributed by atoms with Crippen LogP contribution < -0.4 is 16.0 Å². The molecule has 2 rings (SSSR count). The van der Waals surface area contributed by atoms with Crippen LogP contribution in [0.25, 0.3) is 0 Å². The lowest BCUT2D eigenvalue weighted by Gasteiger charge is -2.29. The van der Waals surface area contributed by atoms with Crippen molar-refractivity contribution in [1.29, 1.82) is 0 Å². The maximum absolute atomic E-state index is 13.0. The van der Waals surface area contributed by atoms with Crippen LogP contribution in [0.1, 0.15) is 52.9 Å². The molecular weight excluding hydrogens is 398 g/mol. The number of rotatable bonds is 9. The predicted octanol–water partition coefficient (Wildman–Crippen LogP) is 0.905. The molecule has 0 bridgehead atoms. The Kier molecular flexibility index (Phi) is 8.46. The summed E-state index contributed by atoms with van der Waals surface area (Å²) in [7, 11) is 0. The van der Waals surface area contributed by atoms with E-state index in [9.17, 15) is 19.2 Å². The summed E-state index contributed by atoms with van der Waals surface area (Å²) in [5.41, 5.74) is -0.233. The van der Waals surface area contributed by atoms with Gasteiger partial charge in [0.05, 0.1) is 11.9 Å². The van der Waals surface area contributed by atoms with E-state index in [1.54, 1.807) is 0 Å². The maximum Gasteiger partial charge on any atom is 0.249 e. The number of hydrogen-bond acceptors (Lipinski definition) is 5. The fraction of sp³-hybridized carbons (Fsp3) is 0.800. The number of amides is 3. The summed E-state index contributed by atoms with van der Waals surface area (Å²) in [6.07, 6.45) is 2.09. The molecule has 2 aliphatic rings. The highest BCUT2D eigenvalue weighted by Crippen LogP contribution is 2.22. The summed E-state index contributed by atoms with van der Waals surface area (Å²) in [5.74, 6) is -1.83. The van der Waals surface area contributed by atoms with Gasteiger partial charge in [-0.2, -0.15) is 0 Å². The molecule has 3 N–H and O–H groups in total. The average Bonchev–Trinajstić information content (AvgIpc) is 3.31. The number of ketones is 1. The number of carbonyl (C=O) groups is 4. The Balaban J connectivity index is 2.08. The summed E-state index contributed by atoms with van der Waals surface area (Å²) in [5, 5.41) is 8.24. The van der Waals surface area contributed by atoms with Crippen molar-refractivity contribution in [3.05, 3.63) is 0 Å². The molecule has 0 aromatic carbocycles. The van der Waals surface area contributed by atoms with Gasteiger partial charge in [0.2, 0.25) is 17.7 Å². The van der Waals surface area contributed by atoms with Gasteiger partial charge in [-0.1, -0.05) is 20.8 Å². The number of hydrogen-bond donors (Lipinski definition) is 3. The van der Waals surface area contributed by atoms with E-state index >= 15 is 0 Å². The van der Waals surface area contributed by atoms with Gasteiger partial charge in [-0.05, 0) is 37.5 Å². The molecule has 0 aromatic heterocycles. The fourth-order valence-electron chi connectivity index (χ4n) is 3.66. The SMILES string of the molecule is CC(C)(C)C[C@H](NC(=O)[C@H]1CCCO1)C(=O)N[C@@H](CC1CCNC1=O)C(=O)CCl. The molecule has 9 heteroatoms. The van der Waals surface area contributed by atoms with Gasteiger partial charge >= 0.3 is 0 Å². The second-order valence-electron chi connectivity index (χ2n) is 9.00. The number of carbonyl (C=O) groups excluding carboxylic acids is 4. The summed E-state index contributed by atoms with van der Waals surface area (Å²) in [6, 6.07) is -1.68. The largest absolute Gasteiger partial charge is 0.368 e. The molecule has 164 valence electrons. The molecule has 0 aromatic rings. The molecule has 2 heterocycles. The molecule has 0 spiro atoms. The molecular formula is C20H32ClN3O5. The Morgan fingerprint density at radius 3 is 2.45 bits per heavy atom. The van der Waals surface area contributed by atoms with Gasteiger partial charge in [0.1, 0.15) is 12.1 Å². The highest BCUT2D eigenvalue weighted by atomic mass is 35.5. The van der Waals surface area contributed by atoms with Crippen LogP contribution in [0.4, 0.5) is 0 Å². The molecule has 4 atom stereocenters. The number of ether oxygens (including phenoxy) is 1. The van der Waals surface area contributed by atoms with Crippen LogP contribution in [0.2, 0.25) is 0 Å². The molecule has 0 saturated carbocycles. The normalized spacial score (nSPS) is 23.9. The topological polar surface area (TPSA) is 114 Å². The number of halogens is 1. The summed E-state index contributed by atoms with van der Waals surface area (Å²) >= 11 is 5.72. The van der Waals surface area contributed by atoms with E-state index in [1.165, 1.54) is 0 Å². The zero-order valence-electron chi connectivity index (χ0n) is 17.4. The van der Waals surface area contributed by atoms with Crippen molar-refractivity contribution in [2.75, 3.05) is 19.0 Å². The number of Topliss-reactive ketones (excluding diaryl/α,β-unsaturated/α-hetero) is 1. The smallest absolute Gasteiger partial charge is 0.249 e. The van der Waals surface area contributed by atoms with Gasteiger partial charge < -0.3 is 20.7 Å². The van der Waals surface area contributed by atoms with Gasteiger partial charge in [0.15, 0.2) is 5.78 Å². The lowest BCUT2D eigenvalue weighted by molar-refractivity contribution is -0.136. The predicted molar refractivity (Wildman–Crippen MR) is 108 cm³/mol. The Morgan fingerprint density at radius 2 is 1.93 bits per heavy atom. The Morgan fingerprint density at radius 1 is 1.21 bits per heavy atom. The van der Waals surface area contributed by atoms with Crippen molar-refractivity contribution in [3.63, 3.8) is 0 Å². The molecule has 0 aliphatic carbocycles. The molecule has 2 fully saturated rings. The van der Waals surface area contributed by atoms with E-state index in [1.807, 2.05) is 20.8 Å². The third-order valence-electron chi connectivity index (χ3n) is 5.19. The van der Waals surface area contributed by atoms with Gasteiger partial charge in [-0.25, -0.2) is 0 Å². The quantitative estimate of drug-likeness (QED) is 0.471. The van der Waals surface area contributed by atoms with Crippen molar-refractivity contribution in [2.45, 2.75) is 71.1 Å². The highest BCUT2D eigenvalue weighted by molar-refractivity contribution is 6.28. The lowest BCUT2D eigenvalue weighted by atomic mass is 9.87. The van der Waals surface area contributed by atoms with E-state index in [0.29, 0.717) is 32.4 Å². The molecule has 29 heavy (non-hydrogen) atoms. The maximum atomic E-state index is 13.0. The second kappa shape index (κ2) is 10.4. The standard InChI is InChI=1S/C20H32ClN3O5/c1-20(2,3)10-14(24-19(28)16-5-4-8-29-16)18(27)23-13(15(25)11-21)9-12-6-7-22-17(12)26/h12-14,16H,4-11H2,1-3H3,(H,22,26)(H,23,27)(H,24,28)/t12?,13-,14-,16+/m0/s1. The lowest BCUT2D eigenvalue weighted by Crippen LogP contribution is -2.54. The first-order valence-corrected chi connectivity index (χ1v) is 10.7. The first kappa shape index (κ1) is 23.6. The van der Waals surface area contributed by atoms with Crippen molar-refractivity contribution in [3.8, 4) is 0 Å². The van der Waals surface area contributed by atoms with Crippen LogP contribution in [-0.2, 0) is 23.9 Å². The van der Waals surface area contributed by atoms with Crippen LogP contribution in [0, 0.1) is 11.3 Å². The Bertz CT molecular complexity index is 628. The van der Waals surface area contributed by atoms with Gasteiger partial charge in [0.25, 0.3) is 0 Å². The molecule has 0 radical (unpaired) electrons. The van der Waals surface area contributed by atoms with Gasteiger partial charge in [-0.3, -0.25) is 19.2 Å².